The normalized spacial score (nSPS) is 11.3. The van der Waals surface area contributed by atoms with Crippen molar-refractivity contribution < 1.29 is 4.79 Å². The minimum atomic E-state index is -0.371. The van der Waals surface area contributed by atoms with Crippen LogP contribution in [0.5, 0.6) is 0 Å². The molecular weight excluding hydrogens is 298 g/mol. The topological polar surface area (TPSA) is 89.8 Å². The van der Waals surface area contributed by atoms with E-state index in [0.29, 0.717) is 16.4 Å². The maximum atomic E-state index is 11.3. The highest BCUT2D eigenvalue weighted by Gasteiger charge is 2.17. The predicted molar refractivity (Wildman–Crippen MR) is 88.1 cm³/mol. The Hall–Kier alpha value is -2.59. The minimum absolute atomic E-state index is 0.115. The van der Waals surface area contributed by atoms with Crippen LogP contribution in [0.15, 0.2) is 30.3 Å². The average molecular weight is 315 g/mol. The second-order valence-corrected chi connectivity index (χ2v) is 5.56. The van der Waals surface area contributed by atoms with Gasteiger partial charge in [0.15, 0.2) is 5.82 Å². The third-order valence-electron chi connectivity index (χ3n) is 3.03. The van der Waals surface area contributed by atoms with Gasteiger partial charge in [0.05, 0.1) is 0 Å². The third kappa shape index (κ3) is 3.96. The fourth-order valence-electron chi connectivity index (χ4n) is 2.00. The highest BCUT2D eigenvalue weighted by atomic mass is 32.1. The van der Waals surface area contributed by atoms with Crippen LogP contribution in [0, 0.1) is 11.3 Å². The van der Waals surface area contributed by atoms with Gasteiger partial charge in [0.25, 0.3) is 0 Å². The van der Waals surface area contributed by atoms with Crippen LogP contribution in [0.3, 0.4) is 0 Å². The molecule has 1 unspecified atom stereocenters. The highest BCUT2D eigenvalue weighted by molar-refractivity contribution is 7.11. The summed E-state index contributed by atoms with van der Waals surface area (Å²) in [5, 5.41) is 18.0. The van der Waals surface area contributed by atoms with Crippen LogP contribution in [-0.4, -0.2) is 23.5 Å². The first kappa shape index (κ1) is 15.8. The van der Waals surface area contributed by atoms with Crippen LogP contribution >= 0.6 is 11.5 Å². The summed E-state index contributed by atoms with van der Waals surface area (Å²) in [6.07, 6.45) is 0.821. The molecule has 2 rings (SSSR count). The van der Waals surface area contributed by atoms with Crippen molar-refractivity contribution in [1.82, 2.24) is 9.69 Å². The van der Waals surface area contributed by atoms with Crippen molar-refractivity contribution in [3.63, 3.8) is 0 Å². The molecule has 0 aliphatic rings. The number of anilines is 2. The van der Waals surface area contributed by atoms with E-state index in [1.54, 1.807) is 0 Å². The zero-order chi connectivity index (χ0) is 15.9. The fourth-order valence-corrected chi connectivity index (χ4v) is 2.69. The Bertz CT molecular complexity index is 677. The Morgan fingerprint density at radius 1 is 1.41 bits per heavy atom. The van der Waals surface area contributed by atoms with Gasteiger partial charge in [-0.15, -0.1) is 0 Å². The summed E-state index contributed by atoms with van der Waals surface area (Å²) in [4.78, 5) is 11.3. The molecule has 1 heterocycles. The summed E-state index contributed by atoms with van der Waals surface area (Å²) in [6.45, 7) is 2.03. The molecule has 6 nitrogen and oxygen atoms in total. The zero-order valence-corrected chi connectivity index (χ0v) is 13.2. The van der Waals surface area contributed by atoms with Gasteiger partial charge in [0.2, 0.25) is 0 Å². The molecule has 1 aromatic carbocycles. The second kappa shape index (κ2) is 7.43. The van der Waals surface area contributed by atoms with E-state index in [4.69, 9.17) is 0 Å². The zero-order valence-electron chi connectivity index (χ0n) is 12.4. The maximum Gasteiger partial charge on any atom is 0.319 e. The number of carbonyl (C=O) groups is 1. The molecule has 0 radical (unpaired) electrons. The number of nitrogens with zero attached hydrogens (tertiary/aromatic N) is 2. The predicted octanol–water partition coefficient (Wildman–Crippen LogP) is 2.81. The lowest BCUT2D eigenvalue weighted by Gasteiger charge is -2.13. The first-order chi connectivity index (χ1) is 10.6. The van der Waals surface area contributed by atoms with Crippen LogP contribution in [0.25, 0.3) is 0 Å². The van der Waals surface area contributed by atoms with E-state index in [2.05, 4.69) is 38.5 Å². The lowest BCUT2D eigenvalue weighted by atomic mass is 10.1. The Morgan fingerprint density at radius 2 is 2.14 bits per heavy atom. The molecule has 2 amide bonds. The van der Waals surface area contributed by atoms with Crippen molar-refractivity contribution in [3.05, 3.63) is 41.5 Å². The van der Waals surface area contributed by atoms with E-state index >= 15 is 0 Å². The molecule has 0 saturated carbocycles. The molecule has 1 aromatic heterocycles. The fraction of sp³-hybridized carbons (Fsp3) is 0.267. The molecule has 114 valence electrons. The summed E-state index contributed by atoms with van der Waals surface area (Å²) >= 11 is 1.09. The Labute approximate surface area is 133 Å². The number of rotatable bonds is 5. The second-order valence-electron chi connectivity index (χ2n) is 4.79. The molecular formula is C15H17N5OS. The van der Waals surface area contributed by atoms with Crippen molar-refractivity contribution in [2.45, 2.75) is 19.4 Å². The lowest BCUT2D eigenvalue weighted by molar-refractivity contribution is 0.254. The van der Waals surface area contributed by atoms with Crippen LogP contribution in [0.2, 0.25) is 0 Å². The number of aromatic nitrogens is 1. The summed E-state index contributed by atoms with van der Waals surface area (Å²) in [5.74, 6) is 0.502. The monoisotopic (exact) mass is 315 g/mol. The number of nitriles is 1. The van der Waals surface area contributed by atoms with Gasteiger partial charge < -0.3 is 10.6 Å². The average Bonchev–Trinajstić information content (AvgIpc) is 2.89. The molecule has 7 heteroatoms. The summed E-state index contributed by atoms with van der Waals surface area (Å²) in [6, 6.07) is 11.9. The van der Waals surface area contributed by atoms with Gasteiger partial charge in [-0.2, -0.15) is 9.64 Å². The summed E-state index contributed by atoms with van der Waals surface area (Å²) in [7, 11) is 1.52. The third-order valence-corrected chi connectivity index (χ3v) is 3.79. The van der Waals surface area contributed by atoms with Gasteiger partial charge in [0, 0.05) is 13.1 Å². The van der Waals surface area contributed by atoms with Crippen LogP contribution < -0.4 is 16.0 Å². The summed E-state index contributed by atoms with van der Waals surface area (Å²) < 4.78 is 4.22. The largest absolute Gasteiger partial charge is 0.365 e. The number of benzene rings is 1. The van der Waals surface area contributed by atoms with Gasteiger partial charge in [-0.3, -0.25) is 5.32 Å². The highest BCUT2D eigenvalue weighted by Crippen LogP contribution is 2.28. The van der Waals surface area contributed by atoms with Gasteiger partial charge in [-0.25, -0.2) is 4.79 Å². The van der Waals surface area contributed by atoms with Gasteiger partial charge in [-0.05, 0) is 30.4 Å². The van der Waals surface area contributed by atoms with Crippen molar-refractivity contribution in [1.29, 1.82) is 5.26 Å². The van der Waals surface area contributed by atoms with E-state index in [9.17, 15) is 10.1 Å². The smallest absolute Gasteiger partial charge is 0.319 e. The van der Waals surface area contributed by atoms with Crippen LogP contribution in [0.4, 0.5) is 15.6 Å². The van der Waals surface area contributed by atoms with Gasteiger partial charge in [-0.1, -0.05) is 30.3 Å². The van der Waals surface area contributed by atoms with Crippen molar-refractivity contribution in [2.24, 2.45) is 0 Å². The first-order valence-electron chi connectivity index (χ1n) is 6.83. The van der Waals surface area contributed by atoms with Crippen molar-refractivity contribution in [2.75, 3.05) is 17.7 Å². The molecule has 0 spiro atoms. The number of nitrogens with one attached hydrogen (secondary N) is 3. The minimum Gasteiger partial charge on any atom is -0.365 e. The van der Waals surface area contributed by atoms with E-state index in [1.165, 1.54) is 12.6 Å². The van der Waals surface area contributed by atoms with E-state index in [1.807, 2.05) is 25.1 Å². The SMILES string of the molecule is CNC(=O)Nc1snc(NC(C)Cc2ccccc2)c1C#N. The van der Waals surface area contributed by atoms with Crippen LogP contribution in [0.1, 0.15) is 18.1 Å². The first-order valence-corrected chi connectivity index (χ1v) is 7.60. The van der Waals surface area contributed by atoms with Crippen LogP contribution in [-0.2, 0) is 6.42 Å². The Morgan fingerprint density at radius 3 is 2.77 bits per heavy atom. The summed E-state index contributed by atoms with van der Waals surface area (Å²) in [5.41, 5.74) is 1.56. The molecule has 0 fully saturated rings. The standard InChI is InChI=1S/C15H17N5OS/c1-10(8-11-6-4-3-5-7-11)18-13-12(9-16)14(22-20-13)19-15(21)17-2/h3-7,10H,8H2,1-2H3,(H,18,20)(H2,17,19,21). The molecule has 3 N–H and O–H groups in total. The Kier molecular flexibility index (Phi) is 5.33. The van der Waals surface area contributed by atoms with E-state index in [0.717, 1.165) is 18.0 Å². The number of hydrogen-bond donors (Lipinski definition) is 3. The lowest BCUT2D eigenvalue weighted by Crippen LogP contribution is -2.24. The molecule has 0 saturated heterocycles. The van der Waals surface area contributed by atoms with Gasteiger partial charge in [0.1, 0.15) is 16.6 Å². The molecule has 22 heavy (non-hydrogen) atoms. The van der Waals surface area contributed by atoms with Crippen molar-refractivity contribution >= 4 is 28.4 Å². The molecule has 2 aromatic rings. The molecule has 0 aliphatic heterocycles. The number of urea groups is 1. The Balaban J connectivity index is 2.06. The molecule has 0 bridgehead atoms. The molecule has 1 atom stereocenters. The quantitative estimate of drug-likeness (QED) is 0.791. The molecule has 0 aliphatic carbocycles. The maximum absolute atomic E-state index is 11.3. The van der Waals surface area contributed by atoms with E-state index in [-0.39, 0.29) is 12.1 Å². The van der Waals surface area contributed by atoms with E-state index < -0.39 is 0 Å². The number of carbonyl (C=O) groups excluding carboxylic acids is 1. The number of hydrogen-bond acceptors (Lipinski definition) is 5. The number of amides is 2. The van der Waals surface area contributed by atoms with Gasteiger partial charge >= 0.3 is 6.03 Å². The van der Waals surface area contributed by atoms with Crippen molar-refractivity contribution in [3.8, 4) is 6.07 Å².